The number of hydrogen-bond donors (Lipinski definition) is 2. The number of nitrogens with one attached hydrogen (secondary N) is 2. The highest BCUT2D eigenvalue weighted by Crippen LogP contribution is 2.22. The molecule has 0 aliphatic rings. The molecule has 0 saturated heterocycles. The molecule has 7 heteroatoms. The van der Waals surface area contributed by atoms with Crippen LogP contribution in [-0.2, 0) is 0 Å². The van der Waals surface area contributed by atoms with Crippen molar-refractivity contribution in [2.24, 2.45) is 0 Å². The lowest BCUT2D eigenvalue weighted by molar-refractivity contribution is 0.0918. The monoisotopic (exact) mass is 346 g/mol. The maximum atomic E-state index is 12.2. The van der Waals surface area contributed by atoms with Gasteiger partial charge in [0.25, 0.3) is 11.8 Å². The zero-order chi connectivity index (χ0) is 17.9. The van der Waals surface area contributed by atoms with E-state index in [9.17, 15) is 9.59 Å². The standard InChI is InChI=1S/C17H22N4O2S/c1-10(2)15-20-21-16(24-15)18-13(22)11-6-8-12(9-7-11)14(23)19-17(3,4)5/h6-10H,1-5H3,(H,19,23)(H,18,21,22). The number of hydrogen-bond acceptors (Lipinski definition) is 5. The van der Waals surface area contributed by atoms with Crippen LogP contribution in [0.1, 0.15) is 66.3 Å². The molecular formula is C17H22N4O2S. The molecule has 1 aromatic heterocycles. The summed E-state index contributed by atoms with van der Waals surface area (Å²) in [6.07, 6.45) is 0. The first-order valence-electron chi connectivity index (χ1n) is 7.73. The lowest BCUT2D eigenvalue weighted by Gasteiger charge is -2.20. The van der Waals surface area contributed by atoms with E-state index in [0.29, 0.717) is 16.3 Å². The van der Waals surface area contributed by atoms with Crippen LogP contribution in [0.3, 0.4) is 0 Å². The van der Waals surface area contributed by atoms with E-state index in [4.69, 9.17) is 0 Å². The van der Waals surface area contributed by atoms with Gasteiger partial charge in [-0.2, -0.15) is 0 Å². The Labute approximate surface area is 145 Å². The maximum absolute atomic E-state index is 12.2. The summed E-state index contributed by atoms with van der Waals surface area (Å²) in [5.74, 6) is -0.168. The van der Waals surface area contributed by atoms with Crippen LogP contribution in [0.15, 0.2) is 24.3 Å². The first-order chi connectivity index (χ1) is 11.2. The molecule has 2 N–H and O–H groups in total. The van der Waals surface area contributed by atoms with Gasteiger partial charge in [0.2, 0.25) is 5.13 Å². The molecule has 2 amide bonds. The Kier molecular flexibility index (Phi) is 5.33. The quantitative estimate of drug-likeness (QED) is 0.888. The summed E-state index contributed by atoms with van der Waals surface area (Å²) in [5.41, 5.74) is 0.669. The highest BCUT2D eigenvalue weighted by atomic mass is 32.1. The second-order valence-electron chi connectivity index (χ2n) is 6.84. The van der Waals surface area contributed by atoms with Gasteiger partial charge in [0.1, 0.15) is 5.01 Å². The summed E-state index contributed by atoms with van der Waals surface area (Å²) in [4.78, 5) is 24.3. The number of rotatable bonds is 4. The predicted octanol–water partition coefficient (Wildman–Crippen LogP) is 3.44. The molecule has 0 bridgehead atoms. The van der Waals surface area contributed by atoms with E-state index in [-0.39, 0.29) is 23.3 Å². The van der Waals surface area contributed by atoms with Crippen molar-refractivity contribution in [2.45, 2.75) is 46.1 Å². The van der Waals surface area contributed by atoms with Gasteiger partial charge in [-0.05, 0) is 45.0 Å². The third kappa shape index (κ3) is 4.86. The van der Waals surface area contributed by atoms with Crippen LogP contribution in [0, 0.1) is 0 Å². The smallest absolute Gasteiger partial charge is 0.257 e. The first-order valence-corrected chi connectivity index (χ1v) is 8.54. The fourth-order valence-corrected chi connectivity index (χ4v) is 2.61. The molecule has 0 aliphatic heterocycles. The summed E-state index contributed by atoms with van der Waals surface area (Å²) in [5, 5.41) is 14.9. The Balaban J connectivity index is 2.04. The summed E-state index contributed by atoms with van der Waals surface area (Å²) < 4.78 is 0. The Morgan fingerprint density at radius 3 is 2.00 bits per heavy atom. The third-order valence-corrected chi connectivity index (χ3v) is 4.19. The summed E-state index contributed by atoms with van der Waals surface area (Å²) in [6.45, 7) is 9.79. The van der Waals surface area contributed by atoms with Crippen LogP contribution in [0.2, 0.25) is 0 Å². The average Bonchev–Trinajstić information content (AvgIpc) is 2.94. The molecule has 24 heavy (non-hydrogen) atoms. The van der Waals surface area contributed by atoms with Crippen molar-refractivity contribution in [2.75, 3.05) is 5.32 Å². The SMILES string of the molecule is CC(C)c1nnc(NC(=O)c2ccc(C(=O)NC(C)(C)C)cc2)s1. The van der Waals surface area contributed by atoms with Crippen LogP contribution >= 0.6 is 11.3 Å². The van der Waals surface area contributed by atoms with Crippen molar-refractivity contribution < 1.29 is 9.59 Å². The van der Waals surface area contributed by atoms with E-state index < -0.39 is 0 Å². The second kappa shape index (κ2) is 7.09. The topological polar surface area (TPSA) is 84.0 Å². The van der Waals surface area contributed by atoms with Crippen molar-refractivity contribution in [1.29, 1.82) is 0 Å². The Morgan fingerprint density at radius 1 is 1.00 bits per heavy atom. The molecule has 2 rings (SSSR count). The average molecular weight is 346 g/mol. The Bertz CT molecular complexity index is 730. The van der Waals surface area contributed by atoms with Crippen LogP contribution in [0.25, 0.3) is 0 Å². The van der Waals surface area contributed by atoms with E-state index >= 15 is 0 Å². The number of benzene rings is 1. The van der Waals surface area contributed by atoms with Crippen LogP contribution in [0.4, 0.5) is 5.13 Å². The van der Waals surface area contributed by atoms with Crippen LogP contribution < -0.4 is 10.6 Å². The Morgan fingerprint density at radius 2 is 1.54 bits per heavy atom. The lowest BCUT2D eigenvalue weighted by Crippen LogP contribution is -2.40. The fourth-order valence-electron chi connectivity index (χ4n) is 1.87. The third-order valence-electron chi connectivity index (χ3n) is 3.05. The molecule has 2 aromatic rings. The number of aromatic nitrogens is 2. The van der Waals surface area contributed by atoms with Gasteiger partial charge < -0.3 is 5.32 Å². The van der Waals surface area contributed by atoms with Crippen LogP contribution in [-0.4, -0.2) is 27.6 Å². The number of anilines is 1. The minimum absolute atomic E-state index is 0.167. The molecule has 0 fully saturated rings. The Hall–Kier alpha value is -2.28. The maximum Gasteiger partial charge on any atom is 0.257 e. The first kappa shape index (κ1) is 18.1. The van der Waals surface area contributed by atoms with Gasteiger partial charge in [0.15, 0.2) is 0 Å². The van der Waals surface area contributed by atoms with Crippen molar-refractivity contribution in [3.63, 3.8) is 0 Å². The number of carbonyl (C=O) groups excluding carboxylic acids is 2. The molecule has 0 radical (unpaired) electrons. The highest BCUT2D eigenvalue weighted by Gasteiger charge is 2.16. The summed E-state index contributed by atoms with van der Waals surface area (Å²) >= 11 is 1.36. The number of amides is 2. The fraction of sp³-hybridized carbons (Fsp3) is 0.412. The molecule has 0 unspecified atom stereocenters. The largest absolute Gasteiger partial charge is 0.347 e. The number of carbonyl (C=O) groups is 2. The second-order valence-corrected chi connectivity index (χ2v) is 7.84. The summed E-state index contributed by atoms with van der Waals surface area (Å²) in [6, 6.07) is 6.51. The van der Waals surface area contributed by atoms with Crippen molar-refractivity contribution in [3.8, 4) is 0 Å². The molecule has 1 aromatic carbocycles. The van der Waals surface area contributed by atoms with Crippen LogP contribution in [0.5, 0.6) is 0 Å². The van der Waals surface area contributed by atoms with Crippen molar-refractivity contribution in [1.82, 2.24) is 15.5 Å². The van der Waals surface area contributed by atoms with E-state index in [1.165, 1.54) is 11.3 Å². The zero-order valence-corrected chi connectivity index (χ0v) is 15.3. The minimum Gasteiger partial charge on any atom is -0.347 e. The highest BCUT2D eigenvalue weighted by molar-refractivity contribution is 7.15. The minimum atomic E-state index is -0.306. The molecule has 0 atom stereocenters. The molecule has 0 saturated carbocycles. The molecule has 128 valence electrons. The molecule has 0 spiro atoms. The van der Waals surface area contributed by atoms with Gasteiger partial charge in [0, 0.05) is 22.6 Å². The van der Waals surface area contributed by atoms with E-state index in [1.54, 1.807) is 24.3 Å². The van der Waals surface area contributed by atoms with Gasteiger partial charge in [-0.25, -0.2) is 0 Å². The van der Waals surface area contributed by atoms with Crippen molar-refractivity contribution in [3.05, 3.63) is 40.4 Å². The number of nitrogens with zero attached hydrogens (tertiary/aromatic N) is 2. The van der Waals surface area contributed by atoms with E-state index in [1.807, 2.05) is 34.6 Å². The van der Waals surface area contributed by atoms with Crippen molar-refractivity contribution >= 4 is 28.3 Å². The molecule has 0 aliphatic carbocycles. The molecular weight excluding hydrogens is 324 g/mol. The lowest BCUT2D eigenvalue weighted by atomic mass is 10.1. The molecule has 6 nitrogen and oxygen atoms in total. The van der Waals surface area contributed by atoms with Gasteiger partial charge in [0.05, 0.1) is 0 Å². The van der Waals surface area contributed by atoms with Gasteiger partial charge in [-0.15, -0.1) is 10.2 Å². The van der Waals surface area contributed by atoms with Gasteiger partial charge >= 0.3 is 0 Å². The zero-order valence-electron chi connectivity index (χ0n) is 14.5. The summed E-state index contributed by atoms with van der Waals surface area (Å²) in [7, 11) is 0. The van der Waals surface area contributed by atoms with Gasteiger partial charge in [-0.1, -0.05) is 25.2 Å². The predicted molar refractivity (Wildman–Crippen MR) is 95.6 cm³/mol. The van der Waals surface area contributed by atoms with E-state index in [2.05, 4.69) is 20.8 Å². The normalized spacial score (nSPS) is 11.4. The molecule has 1 heterocycles. The van der Waals surface area contributed by atoms with Gasteiger partial charge in [-0.3, -0.25) is 14.9 Å². The van der Waals surface area contributed by atoms with E-state index in [0.717, 1.165) is 5.01 Å².